The Hall–Kier alpha value is -3.77. The van der Waals surface area contributed by atoms with Crippen molar-refractivity contribution in [2.75, 3.05) is 12.0 Å². The van der Waals surface area contributed by atoms with Gasteiger partial charge in [0.05, 0.1) is 13.2 Å². The van der Waals surface area contributed by atoms with Crippen LogP contribution in [0.5, 0.6) is 0 Å². The van der Waals surface area contributed by atoms with Gasteiger partial charge in [-0.15, -0.1) is 0 Å². The minimum Gasteiger partial charge on any atom is -0.452 e. The number of benzene rings is 2. The number of carbonyl (C=O) groups is 3. The largest absolute Gasteiger partial charge is 0.452 e. The second-order valence-electron chi connectivity index (χ2n) is 6.26. The molecule has 29 heavy (non-hydrogen) atoms. The molecule has 2 amide bonds. The Labute approximate surface area is 168 Å². The van der Waals surface area contributed by atoms with Gasteiger partial charge in [-0.1, -0.05) is 48.5 Å². The van der Waals surface area contributed by atoms with Crippen LogP contribution in [-0.4, -0.2) is 48.0 Å². The summed E-state index contributed by atoms with van der Waals surface area (Å²) in [5, 5.41) is 2.57. The van der Waals surface area contributed by atoms with E-state index in [2.05, 4.69) is 10.1 Å². The molecule has 0 saturated heterocycles. The van der Waals surface area contributed by atoms with Crippen molar-refractivity contribution in [2.45, 2.75) is 25.4 Å². The molecule has 0 radical (unpaired) electrons. The van der Waals surface area contributed by atoms with Crippen LogP contribution < -0.4 is 10.2 Å². The number of ether oxygens (including phenoxy) is 1. The molecule has 0 aliphatic carbocycles. The van der Waals surface area contributed by atoms with E-state index in [1.807, 2.05) is 30.3 Å². The fourth-order valence-electron chi connectivity index (χ4n) is 2.79. The summed E-state index contributed by atoms with van der Waals surface area (Å²) in [6, 6.07) is 15.9. The number of hydrogen-bond donors (Lipinski definition) is 1. The minimum atomic E-state index is -0.978. The zero-order valence-corrected chi connectivity index (χ0v) is 16.2. The Morgan fingerprint density at radius 3 is 2.24 bits per heavy atom. The molecule has 0 saturated carbocycles. The zero-order chi connectivity index (χ0) is 21.2. The Morgan fingerprint density at radius 1 is 1.10 bits per heavy atom. The minimum absolute atomic E-state index is 0.200. The Bertz CT molecular complexity index is 895. The number of ketones is 1. The highest BCUT2D eigenvalue weighted by molar-refractivity contribution is 6.28. The van der Waals surface area contributed by atoms with Crippen LogP contribution in [0.25, 0.3) is 5.53 Å². The van der Waals surface area contributed by atoms with Crippen molar-refractivity contribution >= 4 is 29.7 Å². The zero-order valence-electron chi connectivity index (χ0n) is 16.2. The molecule has 0 bridgehead atoms. The first kappa shape index (κ1) is 21.5. The summed E-state index contributed by atoms with van der Waals surface area (Å²) in [4.78, 5) is 41.5. The van der Waals surface area contributed by atoms with Gasteiger partial charge in [0.2, 0.25) is 5.91 Å². The van der Waals surface area contributed by atoms with Gasteiger partial charge in [-0.05, 0) is 24.6 Å². The molecule has 2 atom stereocenters. The van der Waals surface area contributed by atoms with Gasteiger partial charge in [0.25, 0.3) is 5.78 Å². The van der Waals surface area contributed by atoms with Crippen LogP contribution in [0.3, 0.4) is 0 Å². The monoisotopic (exact) mass is 394 g/mol. The Kier molecular flexibility index (Phi) is 7.82. The van der Waals surface area contributed by atoms with E-state index in [9.17, 15) is 14.4 Å². The number of Topliss-reactive ketones (excluding diaryl/α,β-unsaturated/α-hetero) is 1. The average molecular weight is 394 g/mol. The number of carbonyl (C=O) groups excluding carboxylic acids is 3. The maximum absolute atomic E-state index is 13.1. The lowest BCUT2D eigenvalue weighted by Gasteiger charge is -2.30. The van der Waals surface area contributed by atoms with Crippen LogP contribution in [0.4, 0.5) is 10.5 Å². The van der Waals surface area contributed by atoms with Crippen molar-refractivity contribution in [3.8, 4) is 0 Å². The lowest BCUT2D eigenvalue weighted by Crippen LogP contribution is -2.54. The molecule has 0 aromatic heterocycles. The molecule has 8 nitrogen and oxygen atoms in total. The van der Waals surface area contributed by atoms with Crippen molar-refractivity contribution in [3.05, 3.63) is 71.8 Å². The van der Waals surface area contributed by atoms with E-state index in [1.165, 1.54) is 18.9 Å². The number of nitrogens with one attached hydrogen (secondary N) is 1. The van der Waals surface area contributed by atoms with E-state index in [4.69, 9.17) is 10.3 Å². The SMILES string of the molecule is COC(=O)N(c1ccccc1)[C@@H](Cc1ccccc1)C(=O)N[C@@H](C)C(=O)C=[N+]=[N-]. The van der Waals surface area contributed by atoms with Gasteiger partial charge in [0.1, 0.15) is 6.04 Å². The summed E-state index contributed by atoms with van der Waals surface area (Å²) in [6.45, 7) is 1.46. The van der Waals surface area contributed by atoms with Gasteiger partial charge < -0.3 is 15.6 Å². The fourth-order valence-corrected chi connectivity index (χ4v) is 2.79. The third-order valence-corrected chi connectivity index (χ3v) is 4.26. The van der Waals surface area contributed by atoms with Crippen LogP contribution >= 0.6 is 0 Å². The molecule has 0 aliphatic rings. The fraction of sp³-hybridized carbons (Fsp3) is 0.238. The standard InChI is InChI=1S/C21H22N4O4/c1-15(19(26)14-23-22)24-20(27)18(13-16-9-5-3-6-10-16)25(21(28)29-2)17-11-7-4-8-12-17/h3-12,14-15,18H,13H2,1-2H3,(H,24,27)/t15-,18-/m0/s1. The van der Waals surface area contributed by atoms with Crippen molar-refractivity contribution in [3.63, 3.8) is 0 Å². The molecule has 2 rings (SSSR count). The van der Waals surface area contributed by atoms with Crippen LogP contribution in [0.15, 0.2) is 60.7 Å². The summed E-state index contributed by atoms with van der Waals surface area (Å²) in [5.41, 5.74) is 9.84. The number of amides is 2. The number of methoxy groups -OCH3 is 1. The van der Waals surface area contributed by atoms with E-state index in [0.29, 0.717) is 11.9 Å². The topological polar surface area (TPSA) is 112 Å². The predicted octanol–water partition coefficient (Wildman–Crippen LogP) is 2.25. The first-order valence-corrected chi connectivity index (χ1v) is 8.95. The van der Waals surface area contributed by atoms with Crippen LogP contribution in [-0.2, 0) is 20.7 Å². The number of nitrogens with zero attached hydrogens (tertiary/aromatic N) is 3. The van der Waals surface area contributed by atoms with Crippen LogP contribution in [0.1, 0.15) is 12.5 Å². The Balaban J connectivity index is 2.41. The summed E-state index contributed by atoms with van der Waals surface area (Å²) >= 11 is 0. The van der Waals surface area contributed by atoms with Crippen LogP contribution in [0.2, 0.25) is 0 Å². The van der Waals surface area contributed by atoms with Gasteiger partial charge >= 0.3 is 12.3 Å². The third kappa shape index (κ3) is 5.85. The molecule has 0 spiro atoms. The summed E-state index contributed by atoms with van der Waals surface area (Å²) in [5.74, 6) is -1.13. The smallest absolute Gasteiger partial charge is 0.414 e. The average Bonchev–Trinajstić information content (AvgIpc) is 2.74. The molecule has 0 fully saturated rings. The molecule has 1 N–H and O–H groups in total. The van der Waals surface area contributed by atoms with Crippen molar-refractivity contribution < 1.29 is 23.9 Å². The maximum atomic E-state index is 13.1. The number of para-hydroxylation sites is 1. The van der Waals surface area contributed by atoms with Gasteiger partial charge in [-0.2, -0.15) is 4.79 Å². The maximum Gasteiger partial charge on any atom is 0.414 e. The van der Waals surface area contributed by atoms with Crippen molar-refractivity contribution in [2.24, 2.45) is 0 Å². The normalized spacial score (nSPS) is 12.1. The molecular weight excluding hydrogens is 372 g/mol. The highest BCUT2D eigenvalue weighted by atomic mass is 16.5. The quantitative estimate of drug-likeness (QED) is 0.420. The van der Waals surface area contributed by atoms with Crippen molar-refractivity contribution in [1.29, 1.82) is 0 Å². The number of rotatable bonds is 8. The summed E-state index contributed by atoms with van der Waals surface area (Å²) in [7, 11) is 1.24. The van der Waals surface area contributed by atoms with E-state index >= 15 is 0 Å². The lowest BCUT2D eigenvalue weighted by atomic mass is 10.0. The second kappa shape index (κ2) is 10.5. The highest BCUT2D eigenvalue weighted by Crippen LogP contribution is 2.21. The molecule has 0 aliphatic heterocycles. The van der Waals surface area contributed by atoms with Gasteiger partial charge in [-0.25, -0.2) is 4.79 Å². The van der Waals surface area contributed by atoms with Crippen LogP contribution in [0, 0.1) is 0 Å². The van der Waals surface area contributed by atoms with E-state index in [-0.39, 0.29) is 6.42 Å². The summed E-state index contributed by atoms with van der Waals surface area (Å²) in [6.07, 6.45) is 0.209. The number of hydrogen-bond acceptors (Lipinski definition) is 4. The van der Waals surface area contributed by atoms with E-state index in [1.54, 1.807) is 30.3 Å². The Morgan fingerprint density at radius 2 is 1.69 bits per heavy atom. The van der Waals surface area contributed by atoms with Gasteiger partial charge in [0.15, 0.2) is 0 Å². The lowest BCUT2D eigenvalue weighted by molar-refractivity contribution is -0.126. The third-order valence-electron chi connectivity index (χ3n) is 4.26. The highest BCUT2D eigenvalue weighted by Gasteiger charge is 2.33. The molecule has 8 heteroatoms. The molecule has 150 valence electrons. The predicted molar refractivity (Wildman–Crippen MR) is 108 cm³/mol. The molecular formula is C21H22N4O4. The second-order valence-corrected chi connectivity index (χ2v) is 6.26. The van der Waals surface area contributed by atoms with Gasteiger partial charge in [-0.3, -0.25) is 14.5 Å². The molecule has 2 aromatic rings. The number of anilines is 1. The first-order valence-electron chi connectivity index (χ1n) is 8.95. The molecule has 0 heterocycles. The van der Waals surface area contributed by atoms with Gasteiger partial charge in [0, 0.05) is 12.1 Å². The van der Waals surface area contributed by atoms with E-state index < -0.39 is 29.9 Å². The molecule has 2 aromatic carbocycles. The first-order chi connectivity index (χ1) is 14.0. The molecule has 0 unspecified atom stereocenters. The summed E-state index contributed by atoms with van der Waals surface area (Å²) < 4.78 is 4.91. The van der Waals surface area contributed by atoms with E-state index in [0.717, 1.165) is 5.56 Å². The van der Waals surface area contributed by atoms with Crippen molar-refractivity contribution in [1.82, 2.24) is 5.32 Å².